The van der Waals surface area contributed by atoms with Crippen molar-refractivity contribution in [3.63, 3.8) is 0 Å². The minimum atomic E-state index is -0.0379. The summed E-state index contributed by atoms with van der Waals surface area (Å²) in [7, 11) is 0. The molecule has 0 radical (unpaired) electrons. The van der Waals surface area contributed by atoms with Gasteiger partial charge in [0.25, 0.3) is 0 Å². The minimum Gasteiger partial charge on any atom is -0.337 e. The van der Waals surface area contributed by atoms with Crippen LogP contribution in [0.25, 0.3) is 11.4 Å². The van der Waals surface area contributed by atoms with Crippen molar-refractivity contribution >= 4 is 0 Å². The van der Waals surface area contributed by atoms with Gasteiger partial charge in [-0.3, -0.25) is 4.68 Å². The zero-order valence-electron chi connectivity index (χ0n) is 14.5. The molecule has 126 valence electrons. The molecule has 0 saturated carbocycles. The molecule has 0 saturated heterocycles. The molecular weight excluding hydrogens is 302 g/mol. The first-order chi connectivity index (χ1) is 11.5. The van der Waals surface area contributed by atoms with Gasteiger partial charge in [-0.25, -0.2) is 0 Å². The third-order valence-electron chi connectivity index (χ3n) is 4.23. The molecule has 0 aliphatic heterocycles. The molecule has 0 unspecified atom stereocenters. The first kappa shape index (κ1) is 16.4. The van der Waals surface area contributed by atoms with Crippen molar-refractivity contribution in [3.05, 3.63) is 54.2 Å². The quantitative estimate of drug-likeness (QED) is 0.750. The van der Waals surface area contributed by atoms with Gasteiger partial charge in [-0.1, -0.05) is 35.5 Å². The van der Waals surface area contributed by atoms with E-state index in [2.05, 4.69) is 34.4 Å². The Balaban J connectivity index is 1.66. The van der Waals surface area contributed by atoms with Crippen molar-refractivity contribution in [3.8, 4) is 11.4 Å². The van der Waals surface area contributed by atoms with Gasteiger partial charge in [0.1, 0.15) is 0 Å². The van der Waals surface area contributed by atoms with E-state index >= 15 is 0 Å². The molecule has 2 heterocycles. The van der Waals surface area contributed by atoms with Crippen molar-refractivity contribution in [2.45, 2.75) is 45.8 Å². The second-order valence-electron chi connectivity index (χ2n) is 6.24. The first-order valence-electron chi connectivity index (χ1n) is 8.20. The van der Waals surface area contributed by atoms with E-state index in [0.717, 1.165) is 11.1 Å². The van der Waals surface area contributed by atoms with Crippen LogP contribution in [0.2, 0.25) is 0 Å². The lowest BCUT2D eigenvalue weighted by Gasteiger charge is -2.24. The van der Waals surface area contributed by atoms with Crippen LogP contribution in [0.1, 0.15) is 44.3 Å². The number of benzene rings is 1. The molecule has 6 nitrogen and oxygen atoms in total. The Labute approximate surface area is 141 Å². The average molecular weight is 325 g/mol. The van der Waals surface area contributed by atoms with Crippen molar-refractivity contribution in [1.29, 1.82) is 0 Å². The Hall–Kier alpha value is -2.47. The Morgan fingerprint density at radius 3 is 2.54 bits per heavy atom. The number of nitrogens with zero attached hydrogens (tertiary/aromatic N) is 4. The third kappa shape index (κ3) is 3.54. The summed E-state index contributed by atoms with van der Waals surface area (Å²) in [6.07, 6.45) is 3.92. The van der Waals surface area contributed by atoms with Gasteiger partial charge in [0, 0.05) is 17.8 Å². The summed E-state index contributed by atoms with van der Waals surface area (Å²) in [5.41, 5.74) is 2.11. The van der Waals surface area contributed by atoms with Gasteiger partial charge in [0.15, 0.2) is 0 Å². The zero-order valence-corrected chi connectivity index (χ0v) is 14.5. The van der Waals surface area contributed by atoms with E-state index in [-0.39, 0.29) is 18.1 Å². The number of rotatable bonds is 6. The summed E-state index contributed by atoms with van der Waals surface area (Å²) in [4.78, 5) is 4.51. The lowest BCUT2D eigenvalue weighted by molar-refractivity contribution is 0.292. The maximum absolute atomic E-state index is 5.43. The number of aromatic nitrogens is 4. The SMILES string of the molecule is Cc1cnn([C@H](C)[C@H](C)N[C@H](C)c2nc(-c3ccccc3)no2)c1. The number of nitrogens with one attached hydrogen (secondary N) is 1. The van der Waals surface area contributed by atoms with E-state index in [1.807, 2.05) is 61.3 Å². The summed E-state index contributed by atoms with van der Waals surface area (Å²) in [6.45, 7) is 8.34. The van der Waals surface area contributed by atoms with Crippen LogP contribution in [-0.4, -0.2) is 26.0 Å². The maximum Gasteiger partial charge on any atom is 0.243 e. The molecule has 2 aromatic heterocycles. The predicted molar refractivity (Wildman–Crippen MR) is 92.4 cm³/mol. The third-order valence-corrected chi connectivity index (χ3v) is 4.23. The second kappa shape index (κ2) is 6.97. The van der Waals surface area contributed by atoms with E-state index in [1.165, 1.54) is 0 Å². The van der Waals surface area contributed by atoms with Gasteiger partial charge in [-0.15, -0.1) is 0 Å². The van der Waals surface area contributed by atoms with E-state index < -0.39 is 0 Å². The molecule has 0 fully saturated rings. The summed E-state index contributed by atoms with van der Waals surface area (Å²) in [5.74, 6) is 1.20. The second-order valence-corrected chi connectivity index (χ2v) is 6.24. The van der Waals surface area contributed by atoms with E-state index in [9.17, 15) is 0 Å². The molecule has 0 amide bonds. The summed E-state index contributed by atoms with van der Waals surface area (Å²) < 4.78 is 7.40. The molecule has 3 aromatic rings. The highest BCUT2D eigenvalue weighted by molar-refractivity contribution is 5.53. The largest absolute Gasteiger partial charge is 0.337 e. The van der Waals surface area contributed by atoms with Crippen molar-refractivity contribution < 1.29 is 4.52 Å². The molecule has 1 N–H and O–H groups in total. The van der Waals surface area contributed by atoms with Crippen molar-refractivity contribution in [2.75, 3.05) is 0 Å². The van der Waals surface area contributed by atoms with E-state index in [4.69, 9.17) is 4.52 Å². The van der Waals surface area contributed by atoms with Crippen LogP contribution in [0.3, 0.4) is 0 Å². The fourth-order valence-corrected chi connectivity index (χ4v) is 2.61. The molecule has 0 spiro atoms. The van der Waals surface area contributed by atoms with Crippen LogP contribution in [0.5, 0.6) is 0 Å². The fraction of sp³-hybridized carbons (Fsp3) is 0.389. The topological polar surface area (TPSA) is 68.8 Å². The molecule has 3 rings (SSSR count). The predicted octanol–water partition coefficient (Wildman–Crippen LogP) is 3.54. The standard InChI is InChI=1S/C18H23N5O/c1-12-10-19-23(11-12)15(4)13(2)20-14(3)18-21-17(22-24-18)16-8-6-5-7-9-16/h5-11,13-15,20H,1-4H3/t13-,14+,15+/m0/s1. The van der Waals surface area contributed by atoms with Gasteiger partial charge >= 0.3 is 0 Å². The highest BCUT2D eigenvalue weighted by Gasteiger charge is 2.21. The fourth-order valence-electron chi connectivity index (χ4n) is 2.61. The first-order valence-corrected chi connectivity index (χ1v) is 8.20. The molecule has 3 atom stereocenters. The molecule has 0 aliphatic carbocycles. The summed E-state index contributed by atoms with van der Waals surface area (Å²) in [5, 5.41) is 12.0. The van der Waals surface area contributed by atoms with Gasteiger partial charge in [0.2, 0.25) is 11.7 Å². The van der Waals surface area contributed by atoms with Gasteiger partial charge in [-0.05, 0) is 33.3 Å². The number of hydrogen-bond donors (Lipinski definition) is 1. The normalized spacial score (nSPS) is 15.2. The molecule has 0 aliphatic rings. The molecule has 1 aromatic carbocycles. The number of hydrogen-bond acceptors (Lipinski definition) is 5. The van der Waals surface area contributed by atoms with Crippen LogP contribution in [0, 0.1) is 6.92 Å². The average Bonchev–Trinajstić information content (AvgIpc) is 3.24. The van der Waals surface area contributed by atoms with Gasteiger partial charge < -0.3 is 9.84 Å². The highest BCUT2D eigenvalue weighted by Crippen LogP contribution is 2.20. The van der Waals surface area contributed by atoms with Gasteiger partial charge in [-0.2, -0.15) is 10.1 Å². The van der Waals surface area contributed by atoms with Crippen molar-refractivity contribution in [1.82, 2.24) is 25.2 Å². The molecule has 6 heteroatoms. The van der Waals surface area contributed by atoms with Crippen LogP contribution < -0.4 is 5.32 Å². The maximum atomic E-state index is 5.43. The Morgan fingerprint density at radius 2 is 1.88 bits per heavy atom. The van der Waals surface area contributed by atoms with Crippen LogP contribution in [-0.2, 0) is 0 Å². The van der Waals surface area contributed by atoms with Crippen LogP contribution >= 0.6 is 0 Å². The highest BCUT2D eigenvalue weighted by atomic mass is 16.5. The lowest BCUT2D eigenvalue weighted by Crippen LogP contribution is -2.35. The molecular formula is C18H23N5O. The summed E-state index contributed by atoms with van der Waals surface area (Å²) in [6, 6.07) is 10.2. The monoisotopic (exact) mass is 325 g/mol. The zero-order chi connectivity index (χ0) is 17.1. The Kier molecular flexibility index (Phi) is 4.76. The van der Waals surface area contributed by atoms with Crippen LogP contribution in [0.4, 0.5) is 0 Å². The van der Waals surface area contributed by atoms with Crippen molar-refractivity contribution in [2.24, 2.45) is 0 Å². The number of aryl methyl sites for hydroxylation is 1. The Morgan fingerprint density at radius 1 is 1.12 bits per heavy atom. The molecule has 0 bridgehead atoms. The van der Waals surface area contributed by atoms with Gasteiger partial charge in [0.05, 0.1) is 18.3 Å². The van der Waals surface area contributed by atoms with Crippen LogP contribution in [0.15, 0.2) is 47.2 Å². The Bertz CT molecular complexity index is 780. The molecule has 24 heavy (non-hydrogen) atoms. The van der Waals surface area contributed by atoms with E-state index in [0.29, 0.717) is 11.7 Å². The smallest absolute Gasteiger partial charge is 0.243 e. The minimum absolute atomic E-state index is 0.0379. The van der Waals surface area contributed by atoms with E-state index in [1.54, 1.807) is 0 Å². The summed E-state index contributed by atoms with van der Waals surface area (Å²) >= 11 is 0. The lowest BCUT2D eigenvalue weighted by atomic mass is 10.1.